The van der Waals surface area contributed by atoms with E-state index in [0.29, 0.717) is 22.9 Å². The van der Waals surface area contributed by atoms with Crippen LogP contribution in [-0.2, 0) is 4.79 Å². The molecule has 0 radical (unpaired) electrons. The van der Waals surface area contributed by atoms with Gasteiger partial charge in [0.05, 0.1) is 22.0 Å². The van der Waals surface area contributed by atoms with Crippen LogP contribution in [0.2, 0.25) is 10.0 Å². The number of hydrogen-bond donors (Lipinski definition) is 1. The third-order valence-electron chi connectivity index (χ3n) is 4.99. The van der Waals surface area contributed by atoms with E-state index in [1.165, 1.54) is 11.1 Å². The van der Waals surface area contributed by atoms with Gasteiger partial charge in [-0.2, -0.15) is 0 Å². The molecule has 2 aromatic carbocycles. The van der Waals surface area contributed by atoms with E-state index in [1.54, 1.807) is 0 Å². The van der Waals surface area contributed by atoms with Crippen molar-refractivity contribution in [3.63, 3.8) is 0 Å². The fourth-order valence-electron chi connectivity index (χ4n) is 3.57. The summed E-state index contributed by atoms with van der Waals surface area (Å²) in [5.41, 5.74) is 3.51. The van der Waals surface area contributed by atoms with Crippen LogP contribution in [-0.4, -0.2) is 29.1 Å². The average Bonchev–Trinajstić information content (AvgIpc) is 2.60. The van der Waals surface area contributed by atoms with Gasteiger partial charge in [0.1, 0.15) is 0 Å². The number of piperidine rings is 1. The molecule has 0 aliphatic carbocycles. The second kappa shape index (κ2) is 7.77. The van der Waals surface area contributed by atoms with Gasteiger partial charge in [-0.25, -0.2) is 0 Å². The molecule has 1 unspecified atom stereocenters. The monoisotopic (exact) mass is 377 g/mol. The number of hydrogen-bond acceptors (Lipinski definition) is 2. The Morgan fingerprint density at radius 2 is 1.80 bits per heavy atom. The Morgan fingerprint density at radius 1 is 1.12 bits per heavy atom. The van der Waals surface area contributed by atoms with Crippen molar-refractivity contribution in [1.82, 2.24) is 4.90 Å². The summed E-state index contributed by atoms with van der Waals surface area (Å²) in [5, 5.41) is 10.3. The quantitative estimate of drug-likeness (QED) is 0.796. The number of benzene rings is 2. The highest BCUT2D eigenvalue weighted by Gasteiger charge is 2.30. The molecule has 1 saturated heterocycles. The van der Waals surface area contributed by atoms with Gasteiger partial charge in [0, 0.05) is 0 Å². The van der Waals surface area contributed by atoms with Gasteiger partial charge in [0.15, 0.2) is 0 Å². The van der Waals surface area contributed by atoms with Crippen molar-refractivity contribution in [2.75, 3.05) is 13.1 Å². The Hall–Kier alpha value is -1.55. The number of nitrogens with zero attached hydrogens (tertiary/aromatic N) is 1. The van der Waals surface area contributed by atoms with Crippen molar-refractivity contribution in [3.05, 3.63) is 69.2 Å². The highest BCUT2D eigenvalue weighted by atomic mass is 35.5. The number of rotatable bonds is 4. The maximum Gasteiger partial charge on any atom is 0.306 e. The highest BCUT2D eigenvalue weighted by Crippen LogP contribution is 2.36. The van der Waals surface area contributed by atoms with Crippen LogP contribution in [0.15, 0.2) is 42.5 Å². The summed E-state index contributed by atoms with van der Waals surface area (Å²) in [6, 6.07) is 14.1. The number of carboxylic acid groups (broad SMARTS) is 1. The summed E-state index contributed by atoms with van der Waals surface area (Å²) >= 11 is 12.4. The van der Waals surface area contributed by atoms with E-state index in [1.807, 2.05) is 30.3 Å². The van der Waals surface area contributed by atoms with Crippen LogP contribution in [0.3, 0.4) is 0 Å². The molecule has 1 aliphatic rings. The van der Waals surface area contributed by atoms with Gasteiger partial charge >= 0.3 is 5.97 Å². The topological polar surface area (TPSA) is 40.5 Å². The van der Waals surface area contributed by atoms with Gasteiger partial charge in [0.25, 0.3) is 0 Å². The van der Waals surface area contributed by atoms with Gasteiger partial charge in [-0.3, -0.25) is 9.69 Å². The maximum atomic E-state index is 11.3. The SMILES string of the molecule is Cc1ccccc1C(c1ccc(Cl)c(Cl)c1)N1CCC(C(=O)O)CC1. The lowest BCUT2D eigenvalue weighted by Crippen LogP contribution is -2.39. The van der Waals surface area contributed by atoms with Gasteiger partial charge in [-0.1, -0.05) is 53.5 Å². The Bertz CT molecular complexity index is 770. The average molecular weight is 378 g/mol. The summed E-state index contributed by atoms with van der Waals surface area (Å²) in [5.74, 6) is -0.941. The van der Waals surface area contributed by atoms with Gasteiger partial charge in [-0.15, -0.1) is 0 Å². The Labute approximate surface area is 158 Å². The predicted molar refractivity (Wildman–Crippen MR) is 101 cm³/mol. The third-order valence-corrected chi connectivity index (χ3v) is 5.73. The highest BCUT2D eigenvalue weighted by molar-refractivity contribution is 6.42. The minimum absolute atomic E-state index is 0.0470. The molecule has 1 aliphatic heterocycles. The summed E-state index contributed by atoms with van der Waals surface area (Å²) < 4.78 is 0. The van der Waals surface area contributed by atoms with E-state index >= 15 is 0 Å². The summed E-state index contributed by atoms with van der Waals surface area (Å²) in [6.45, 7) is 3.59. The number of carboxylic acids is 1. The first-order valence-corrected chi connectivity index (χ1v) is 9.20. The zero-order valence-corrected chi connectivity index (χ0v) is 15.6. The van der Waals surface area contributed by atoms with Crippen LogP contribution >= 0.6 is 23.2 Å². The summed E-state index contributed by atoms with van der Waals surface area (Å²) in [7, 11) is 0. The lowest BCUT2D eigenvalue weighted by molar-refractivity contribution is -0.143. The van der Waals surface area contributed by atoms with Crippen LogP contribution in [0.25, 0.3) is 0 Å². The minimum atomic E-state index is -0.693. The van der Waals surface area contributed by atoms with Crippen molar-refractivity contribution in [2.45, 2.75) is 25.8 Å². The van der Waals surface area contributed by atoms with E-state index in [0.717, 1.165) is 18.7 Å². The first-order valence-electron chi connectivity index (χ1n) is 8.44. The number of aryl methyl sites for hydroxylation is 1. The molecule has 0 saturated carbocycles. The number of likely N-dealkylation sites (tertiary alicyclic amines) is 1. The van der Waals surface area contributed by atoms with E-state index in [-0.39, 0.29) is 12.0 Å². The fraction of sp³-hybridized carbons (Fsp3) is 0.350. The minimum Gasteiger partial charge on any atom is -0.481 e. The fourth-order valence-corrected chi connectivity index (χ4v) is 3.87. The van der Waals surface area contributed by atoms with Crippen molar-refractivity contribution in [1.29, 1.82) is 0 Å². The molecule has 0 spiro atoms. The second-order valence-electron chi connectivity index (χ2n) is 6.58. The molecule has 1 N–H and O–H groups in total. The molecule has 132 valence electrons. The van der Waals surface area contributed by atoms with Crippen molar-refractivity contribution in [3.8, 4) is 0 Å². The molecule has 0 aromatic heterocycles. The second-order valence-corrected chi connectivity index (χ2v) is 7.40. The molecule has 0 amide bonds. The van der Waals surface area contributed by atoms with Crippen LogP contribution in [0.1, 0.15) is 35.6 Å². The molecule has 1 heterocycles. The first kappa shape index (κ1) is 18.2. The van der Waals surface area contributed by atoms with Crippen LogP contribution in [0, 0.1) is 12.8 Å². The molecule has 0 bridgehead atoms. The third kappa shape index (κ3) is 4.00. The van der Waals surface area contributed by atoms with Crippen molar-refractivity contribution >= 4 is 29.2 Å². The van der Waals surface area contributed by atoms with E-state index in [9.17, 15) is 9.90 Å². The largest absolute Gasteiger partial charge is 0.481 e. The van der Waals surface area contributed by atoms with Gasteiger partial charge < -0.3 is 5.11 Å². The molecule has 3 nitrogen and oxygen atoms in total. The van der Waals surface area contributed by atoms with Crippen molar-refractivity contribution in [2.24, 2.45) is 5.92 Å². The lowest BCUT2D eigenvalue weighted by atomic mass is 9.89. The molecule has 5 heteroatoms. The zero-order chi connectivity index (χ0) is 18.0. The van der Waals surface area contributed by atoms with Crippen LogP contribution in [0.4, 0.5) is 0 Å². The first-order chi connectivity index (χ1) is 12.0. The van der Waals surface area contributed by atoms with Gasteiger partial charge in [-0.05, 0) is 61.7 Å². The summed E-state index contributed by atoms with van der Waals surface area (Å²) in [6.07, 6.45) is 1.33. The summed E-state index contributed by atoms with van der Waals surface area (Å²) in [4.78, 5) is 13.6. The van der Waals surface area contributed by atoms with E-state index in [2.05, 4.69) is 24.0 Å². The molecule has 25 heavy (non-hydrogen) atoms. The molecular formula is C20H21Cl2NO2. The number of aliphatic carboxylic acids is 1. The standard InChI is InChI=1S/C20H21Cl2NO2/c1-13-4-2-3-5-16(13)19(15-6-7-17(21)18(22)12-15)23-10-8-14(9-11-23)20(24)25/h2-7,12,14,19H,8-11H2,1H3,(H,24,25). The zero-order valence-electron chi connectivity index (χ0n) is 14.1. The molecule has 3 rings (SSSR count). The van der Waals surface area contributed by atoms with Crippen molar-refractivity contribution < 1.29 is 9.90 Å². The van der Waals surface area contributed by atoms with Gasteiger partial charge in [0.2, 0.25) is 0 Å². The predicted octanol–water partition coefficient (Wildman–Crippen LogP) is 5.19. The Morgan fingerprint density at radius 3 is 2.40 bits per heavy atom. The lowest BCUT2D eigenvalue weighted by Gasteiger charge is -2.37. The molecule has 1 atom stereocenters. The van der Waals surface area contributed by atoms with E-state index < -0.39 is 5.97 Å². The molecule has 1 fully saturated rings. The van der Waals surface area contributed by atoms with Crippen LogP contribution in [0.5, 0.6) is 0 Å². The smallest absolute Gasteiger partial charge is 0.306 e. The van der Waals surface area contributed by atoms with E-state index in [4.69, 9.17) is 23.2 Å². The number of carbonyl (C=O) groups is 1. The van der Waals surface area contributed by atoms with Crippen LogP contribution < -0.4 is 0 Å². The number of halogens is 2. The molecule has 2 aromatic rings. The Balaban J connectivity index is 1.97. The Kier molecular flexibility index (Phi) is 5.67. The normalized spacial score (nSPS) is 17.4. The maximum absolute atomic E-state index is 11.3. The molecular weight excluding hydrogens is 357 g/mol.